The fourth-order valence-electron chi connectivity index (χ4n) is 0.927. The van der Waals surface area contributed by atoms with Crippen molar-refractivity contribution in [3.8, 4) is 0 Å². The van der Waals surface area contributed by atoms with Gasteiger partial charge in [0, 0.05) is 5.69 Å². The number of hydrogen-bond acceptors (Lipinski definition) is 2. The molecular weight excluding hydrogens is 215 g/mol. The minimum absolute atomic E-state index is 0.105. The molecule has 1 aromatic carbocycles. The van der Waals surface area contributed by atoms with Gasteiger partial charge in [-0.2, -0.15) is 13.2 Å². The van der Waals surface area contributed by atoms with E-state index in [1.807, 2.05) is 0 Å². The fourth-order valence-corrected chi connectivity index (χ4v) is 1.75. The van der Waals surface area contributed by atoms with E-state index in [0.29, 0.717) is 5.56 Å². The minimum Gasteiger partial charge on any atom is -0.398 e. The van der Waals surface area contributed by atoms with Gasteiger partial charge in [-0.25, -0.2) is 4.21 Å². The lowest BCUT2D eigenvalue weighted by atomic mass is 10.2. The van der Waals surface area contributed by atoms with Crippen LogP contribution < -0.4 is 5.73 Å². The molecule has 0 aliphatic heterocycles. The van der Waals surface area contributed by atoms with E-state index < -0.39 is 16.3 Å². The Kier molecular flexibility index (Phi) is 2.84. The Morgan fingerprint density at radius 3 is 2.43 bits per heavy atom. The zero-order valence-electron chi connectivity index (χ0n) is 7.26. The molecule has 0 spiro atoms. The third kappa shape index (κ3) is 2.25. The topological polar surface area (TPSA) is 43.1 Å². The van der Waals surface area contributed by atoms with Crippen LogP contribution in [0.2, 0.25) is 0 Å². The Bertz CT molecular complexity index is 375. The largest absolute Gasteiger partial charge is 0.475 e. The molecule has 0 amide bonds. The fraction of sp³-hybridized carbons (Fsp3) is 0.250. The first-order chi connectivity index (χ1) is 6.32. The summed E-state index contributed by atoms with van der Waals surface area (Å²) in [6, 6.07) is 4.06. The molecule has 0 heterocycles. The second-order valence-electron chi connectivity index (χ2n) is 2.76. The van der Waals surface area contributed by atoms with Crippen molar-refractivity contribution in [1.82, 2.24) is 0 Å². The van der Waals surface area contributed by atoms with Crippen molar-refractivity contribution in [1.29, 1.82) is 0 Å². The summed E-state index contributed by atoms with van der Waals surface area (Å²) in [6.07, 6.45) is 0. The van der Waals surface area contributed by atoms with E-state index >= 15 is 0 Å². The molecule has 0 fully saturated rings. The number of nitrogens with two attached hydrogens (primary N) is 1. The number of anilines is 1. The average Bonchev–Trinajstić information content (AvgIpc) is 2.06. The predicted octanol–water partition coefficient (Wildman–Crippen LogP) is 2.20. The quantitative estimate of drug-likeness (QED) is 0.742. The summed E-state index contributed by atoms with van der Waals surface area (Å²) in [5, 5.41) is 0. The van der Waals surface area contributed by atoms with E-state index in [-0.39, 0.29) is 10.6 Å². The van der Waals surface area contributed by atoms with Gasteiger partial charge in [0.2, 0.25) is 0 Å². The molecule has 0 saturated heterocycles. The Hall–Kier alpha value is -1.04. The van der Waals surface area contributed by atoms with E-state index in [9.17, 15) is 17.4 Å². The summed E-state index contributed by atoms with van der Waals surface area (Å²) in [6.45, 7) is 1.61. The van der Waals surface area contributed by atoms with Gasteiger partial charge in [-0.15, -0.1) is 0 Å². The van der Waals surface area contributed by atoms with Crippen LogP contribution in [0.1, 0.15) is 5.56 Å². The lowest BCUT2D eigenvalue weighted by Crippen LogP contribution is -2.17. The molecule has 0 aliphatic carbocycles. The van der Waals surface area contributed by atoms with Crippen LogP contribution in [0.3, 0.4) is 0 Å². The van der Waals surface area contributed by atoms with Gasteiger partial charge in [0.25, 0.3) is 0 Å². The molecule has 1 atom stereocenters. The van der Waals surface area contributed by atoms with E-state index in [4.69, 9.17) is 5.73 Å². The summed E-state index contributed by atoms with van der Waals surface area (Å²) in [7, 11) is -3.05. The van der Waals surface area contributed by atoms with Crippen molar-refractivity contribution in [2.75, 3.05) is 5.73 Å². The van der Waals surface area contributed by atoms with Gasteiger partial charge in [0.1, 0.15) is 0 Å². The summed E-state index contributed by atoms with van der Waals surface area (Å²) in [5.41, 5.74) is 1.02. The second-order valence-corrected chi connectivity index (χ2v) is 4.20. The molecule has 0 saturated carbocycles. The van der Waals surface area contributed by atoms with Crippen molar-refractivity contribution < 1.29 is 17.4 Å². The predicted molar refractivity (Wildman–Crippen MR) is 48.1 cm³/mol. The zero-order valence-corrected chi connectivity index (χ0v) is 8.08. The molecule has 1 unspecified atom stereocenters. The summed E-state index contributed by atoms with van der Waals surface area (Å²) >= 11 is 0. The highest BCUT2D eigenvalue weighted by Crippen LogP contribution is 2.29. The summed E-state index contributed by atoms with van der Waals surface area (Å²) in [4.78, 5) is -0.377. The van der Waals surface area contributed by atoms with E-state index in [1.54, 1.807) is 13.0 Å². The number of halogens is 3. The van der Waals surface area contributed by atoms with Gasteiger partial charge in [-0.3, -0.25) is 0 Å². The van der Waals surface area contributed by atoms with E-state index in [2.05, 4.69) is 0 Å². The maximum atomic E-state index is 12.1. The van der Waals surface area contributed by atoms with E-state index in [0.717, 1.165) is 0 Å². The van der Waals surface area contributed by atoms with Crippen molar-refractivity contribution >= 4 is 16.5 Å². The summed E-state index contributed by atoms with van der Waals surface area (Å²) < 4.78 is 47.2. The average molecular weight is 223 g/mol. The maximum absolute atomic E-state index is 12.1. The second kappa shape index (κ2) is 3.61. The molecule has 6 heteroatoms. The first kappa shape index (κ1) is 11.0. The number of aryl methyl sites for hydroxylation is 1. The SMILES string of the molecule is Cc1ccc(N)c(S(=O)C(F)(F)F)c1. The Morgan fingerprint density at radius 1 is 1.36 bits per heavy atom. The van der Waals surface area contributed by atoms with E-state index in [1.165, 1.54) is 12.1 Å². The first-order valence-corrected chi connectivity index (χ1v) is 4.82. The highest BCUT2D eigenvalue weighted by molar-refractivity contribution is 7.86. The standard InChI is InChI=1S/C8H8F3NOS/c1-5-2-3-6(12)7(4-5)14(13)8(9,10)11/h2-4H,12H2,1H3. The molecular formula is C8H8F3NOS. The third-order valence-corrected chi connectivity index (χ3v) is 2.75. The molecule has 0 aromatic heterocycles. The van der Waals surface area contributed by atoms with Gasteiger partial charge >= 0.3 is 5.51 Å². The van der Waals surface area contributed by atoms with Crippen molar-refractivity contribution in [2.45, 2.75) is 17.3 Å². The van der Waals surface area contributed by atoms with Gasteiger partial charge < -0.3 is 5.73 Å². The van der Waals surface area contributed by atoms with Crippen LogP contribution in [0, 0.1) is 6.92 Å². The molecule has 0 bridgehead atoms. The van der Waals surface area contributed by atoms with Crippen LogP contribution in [-0.4, -0.2) is 9.72 Å². The van der Waals surface area contributed by atoms with Crippen molar-refractivity contribution in [3.63, 3.8) is 0 Å². The highest BCUT2D eigenvalue weighted by atomic mass is 32.2. The normalized spacial score (nSPS) is 14.0. The number of alkyl halides is 3. The minimum atomic E-state index is -4.76. The molecule has 14 heavy (non-hydrogen) atoms. The van der Waals surface area contributed by atoms with Gasteiger partial charge in [0.05, 0.1) is 4.90 Å². The van der Waals surface area contributed by atoms with Crippen LogP contribution in [-0.2, 0) is 10.8 Å². The molecule has 78 valence electrons. The lowest BCUT2D eigenvalue weighted by Gasteiger charge is -2.08. The van der Waals surface area contributed by atoms with Crippen LogP contribution in [0.5, 0.6) is 0 Å². The van der Waals surface area contributed by atoms with Crippen molar-refractivity contribution in [2.24, 2.45) is 0 Å². The Morgan fingerprint density at radius 2 is 1.93 bits per heavy atom. The monoisotopic (exact) mass is 223 g/mol. The number of nitrogen functional groups attached to an aromatic ring is 1. The number of rotatable bonds is 1. The van der Waals surface area contributed by atoms with Crippen LogP contribution in [0.4, 0.5) is 18.9 Å². The number of benzene rings is 1. The highest BCUT2D eigenvalue weighted by Gasteiger charge is 2.38. The van der Waals surface area contributed by atoms with Crippen LogP contribution in [0.15, 0.2) is 23.1 Å². The summed E-state index contributed by atoms with van der Waals surface area (Å²) in [5.74, 6) is 0. The third-order valence-electron chi connectivity index (χ3n) is 1.58. The Labute approximate surface area is 81.4 Å². The smallest absolute Gasteiger partial charge is 0.398 e. The molecule has 1 aromatic rings. The molecule has 2 N–H and O–H groups in total. The molecule has 2 nitrogen and oxygen atoms in total. The first-order valence-electron chi connectivity index (χ1n) is 3.67. The number of hydrogen-bond donors (Lipinski definition) is 1. The lowest BCUT2D eigenvalue weighted by molar-refractivity contribution is -0.0384. The molecule has 0 aliphatic rings. The van der Waals surface area contributed by atoms with Crippen LogP contribution >= 0.6 is 0 Å². The van der Waals surface area contributed by atoms with Gasteiger partial charge in [-0.1, -0.05) is 6.07 Å². The maximum Gasteiger partial charge on any atom is 0.475 e. The molecule has 1 rings (SSSR count). The zero-order chi connectivity index (χ0) is 10.9. The van der Waals surface area contributed by atoms with Gasteiger partial charge in [-0.05, 0) is 24.6 Å². The Balaban J connectivity index is 3.19. The van der Waals surface area contributed by atoms with Gasteiger partial charge in [0.15, 0.2) is 10.8 Å². The van der Waals surface area contributed by atoms with Crippen LogP contribution in [0.25, 0.3) is 0 Å². The van der Waals surface area contributed by atoms with Crippen molar-refractivity contribution in [3.05, 3.63) is 23.8 Å². The molecule has 0 radical (unpaired) electrons.